The molecule has 0 bridgehead atoms. The molecule has 4 aromatic rings. The Balaban J connectivity index is 2.00. The summed E-state index contributed by atoms with van der Waals surface area (Å²) >= 11 is 6.19. The van der Waals surface area contributed by atoms with E-state index < -0.39 is 11.8 Å². The first kappa shape index (κ1) is 17.1. The topological polar surface area (TPSA) is 91.1 Å². The van der Waals surface area contributed by atoms with Gasteiger partial charge in [-0.3, -0.25) is 9.59 Å². The Labute approximate surface area is 160 Å². The fourth-order valence-electron chi connectivity index (χ4n) is 3.41. The number of fused-ring (bicyclic) bond motifs is 3. The fourth-order valence-corrected chi connectivity index (χ4v) is 3.57. The maximum absolute atomic E-state index is 11.9. The molecule has 1 aromatic heterocycles. The number of halogens is 1. The molecule has 0 atom stereocenters. The van der Waals surface area contributed by atoms with Crippen LogP contribution in [0.1, 0.15) is 26.3 Å². The van der Waals surface area contributed by atoms with Crippen LogP contribution in [0.15, 0.2) is 54.6 Å². The van der Waals surface area contributed by atoms with Crippen LogP contribution < -0.4 is 11.5 Å². The Kier molecular flexibility index (Phi) is 4.09. The molecule has 0 saturated heterocycles. The van der Waals surface area contributed by atoms with Crippen LogP contribution in [0.5, 0.6) is 0 Å². The zero-order valence-corrected chi connectivity index (χ0v) is 15.0. The standard InChI is InChI=1S/C21H15ClN3O2/c22-14-7-8-15-18(10-14)25(11-12-3-1-4-13(9-12)20(23)26)17-6-2-5-16(19(15)17)21(24)27/h1-7,9-10H,11H2,(H2,23,26)(H2,24,27). The summed E-state index contributed by atoms with van der Waals surface area (Å²) < 4.78 is 2.03. The number of benzene rings is 3. The van der Waals surface area contributed by atoms with Crippen LogP contribution in [0, 0.1) is 6.07 Å². The summed E-state index contributed by atoms with van der Waals surface area (Å²) in [5.74, 6) is -0.981. The van der Waals surface area contributed by atoms with Gasteiger partial charge >= 0.3 is 0 Å². The van der Waals surface area contributed by atoms with Crippen molar-refractivity contribution < 1.29 is 9.59 Å². The second-order valence-corrected chi connectivity index (χ2v) is 6.73. The lowest BCUT2D eigenvalue weighted by molar-refractivity contribution is 0.0992. The molecule has 0 aliphatic heterocycles. The van der Waals surface area contributed by atoms with Crippen molar-refractivity contribution in [2.75, 3.05) is 0 Å². The highest BCUT2D eigenvalue weighted by Gasteiger charge is 2.17. The number of carbonyl (C=O) groups is 2. The second-order valence-electron chi connectivity index (χ2n) is 6.29. The molecule has 133 valence electrons. The molecule has 5 nitrogen and oxygen atoms in total. The number of nitrogens with zero attached hydrogens (tertiary/aromatic N) is 1. The van der Waals surface area contributed by atoms with E-state index in [0.717, 1.165) is 27.4 Å². The van der Waals surface area contributed by atoms with Gasteiger partial charge in [0.2, 0.25) is 11.8 Å². The Bertz CT molecular complexity index is 1230. The maximum Gasteiger partial charge on any atom is 0.249 e. The molecule has 0 aliphatic rings. The van der Waals surface area contributed by atoms with Crippen molar-refractivity contribution in [3.63, 3.8) is 0 Å². The molecule has 2 amide bonds. The summed E-state index contributed by atoms with van der Waals surface area (Å²) in [5, 5.41) is 2.05. The number of amides is 2. The van der Waals surface area contributed by atoms with Gasteiger partial charge in [0.1, 0.15) is 0 Å². The van der Waals surface area contributed by atoms with Crippen LogP contribution in [-0.4, -0.2) is 16.4 Å². The molecule has 0 saturated carbocycles. The van der Waals surface area contributed by atoms with Crippen molar-refractivity contribution >= 4 is 45.2 Å². The summed E-state index contributed by atoms with van der Waals surface area (Å²) in [6, 6.07) is 19.2. The first-order valence-corrected chi connectivity index (χ1v) is 8.64. The minimum Gasteiger partial charge on any atom is -0.366 e. The average molecular weight is 377 g/mol. The van der Waals surface area contributed by atoms with Crippen molar-refractivity contribution in [1.82, 2.24) is 4.57 Å². The molecular formula is C21H15ClN3O2. The van der Waals surface area contributed by atoms with Crippen LogP contribution in [0.25, 0.3) is 21.8 Å². The van der Waals surface area contributed by atoms with E-state index in [1.54, 1.807) is 36.4 Å². The Hall–Kier alpha value is -3.31. The first-order chi connectivity index (χ1) is 13.0. The first-order valence-electron chi connectivity index (χ1n) is 8.26. The molecule has 0 fully saturated rings. The van der Waals surface area contributed by atoms with Crippen LogP contribution in [0.3, 0.4) is 0 Å². The van der Waals surface area contributed by atoms with Crippen molar-refractivity contribution in [3.8, 4) is 0 Å². The van der Waals surface area contributed by atoms with Crippen LogP contribution in [0.4, 0.5) is 0 Å². The predicted molar refractivity (Wildman–Crippen MR) is 106 cm³/mol. The van der Waals surface area contributed by atoms with Gasteiger partial charge in [-0.05, 0) is 48.0 Å². The number of nitrogens with two attached hydrogens (primary N) is 2. The Morgan fingerprint density at radius 3 is 2.52 bits per heavy atom. The zero-order valence-electron chi connectivity index (χ0n) is 14.2. The zero-order chi connectivity index (χ0) is 19.1. The smallest absolute Gasteiger partial charge is 0.249 e. The number of primary amides is 2. The van der Waals surface area contributed by atoms with Gasteiger partial charge in [0.25, 0.3) is 0 Å². The van der Waals surface area contributed by atoms with Gasteiger partial charge in [0.05, 0.1) is 11.0 Å². The van der Waals surface area contributed by atoms with Gasteiger partial charge in [0, 0.05) is 33.5 Å². The quantitative estimate of drug-likeness (QED) is 0.570. The third-order valence-electron chi connectivity index (χ3n) is 4.58. The lowest BCUT2D eigenvalue weighted by Crippen LogP contribution is -2.12. The van der Waals surface area contributed by atoms with Crippen molar-refractivity contribution in [1.29, 1.82) is 0 Å². The third kappa shape index (κ3) is 2.92. The fraction of sp³-hybridized carbons (Fsp3) is 0.0476. The van der Waals surface area contributed by atoms with Crippen molar-refractivity contribution in [2.45, 2.75) is 6.54 Å². The number of rotatable bonds is 4. The predicted octanol–water partition coefficient (Wildman–Crippen LogP) is 3.49. The van der Waals surface area contributed by atoms with E-state index in [0.29, 0.717) is 22.7 Å². The van der Waals surface area contributed by atoms with Gasteiger partial charge < -0.3 is 16.0 Å². The van der Waals surface area contributed by atoms with E-state index in [4.69, 9.17) is 23.1 Å². The lowest BCUT2D eigenvalue weighted by Gasteiger charge is -2.09. The summed E-state index contributed by atoms with van der Waals surface area (Å²) in [7, 11) is 0. The summed E-state index contributed by atoms with van der Waals surface area (Å²) in [5.41, 5.74) is 14.4. The highest BCUT2D eigenvalue weighted by atomic mass is 35.5. The van der Waals surface area contributed by atoms with E-state index in [9.17, 15) is 9.59 Å². The second kappa shape index (κ2) is 6.45. The van der Waals surface area contributed by atoms with Gasteiger partial charge in [-0.1, -0.05) is 29.8 Å². The van der Waals surface area contributed by atoms with E-state index in [2.05, 4.69) is 6.07 Å². The van der Waals surface area contributed by atoms with Gasteiger partial charge in [-0.15, -0.1) is 0 Å². The molecule has 27 heavy (non-hydrogen) atoms. The molecule has 0 unspecified atom stereocenters. The molecule has 1 radical (unpaired) electrons. The van der Waals surface area contributed by atoms with Crippen LogP contribution >= 0.6 is 11.6 Å². The monoisotopic (exact) mass is 376 g/mol. The Morgan fingerprint density at radius 1 is 1.00 bits per heavy atom. The average Bonchev–Trinajstić information content (AvgIpc) is 2.95. The molecule has 4 rings (SSSR count). The molecular weight excluding hydrogens is 362 g/mol. The van der Waals surface area contributed by atoms with E-state index >= 15 is 0 Å². The summed E-state index contributed by atoms with van der Waals surface area (Å²) in [6.45, 7) is 0.470. The Morgan fingerprint density at radius 2 is 1.78 bits per heavy atom. The van der Waals surface area contributed by atoms with Gasteiger partial charge in [0.15, 0.2) is 0 Å². The lowest BCUT2D eigenvalue weighted by atomic mass is 10.1. The highest BCUT2D eigenvalue weighted by molar-refractivity contribution is 6.31. The normalized spacial score (nSPS) is 11.1. The van der Waals surface area contributed by atoms with Crippen molar-refractivity contribution in [3.05, 3.63) is 82.4 Å². The third-order valence-corrected chi connectivity index (χ3v) is 4.80. The highest BCUT2D eigenvalue weighted by Crippen LogP contribution is 2.33. The summed E-state index contributed by atoms with van der Waals surface area (Å²) in [4.78, 5) is 23.4. The minimum absolute atomic E-state index is 0.431. The van der Waals surface area contributed by atoms with Crippen LogP contribution in [-0.2, 0) is 6.54 Å². The number of aromatic nitrogens is 1. The van der Waals surface area contributed by atoms with Crippen molar-refractivity contribution in [2.24, 2.45) is 11.5 Å². The maximum atomic E-state index is 11.9. The number of hydrogen-bond donors (Lipinski definition) is 2. The molecule has 0 aliphatic carbocycles. The molecule has 0 spiro atoms. The van der Waals surface area contributed by atoms with E-state index in [-0.39, 0.29) is 0 Å². The summed E-state index contributed by atoms with van der Waals surface area (Å²) in [6.07, 6.45) is 0. The molecule has 3 aromatic carbocycles. The number of carbonyl (C=O) groups excluding carboxylic acids is 2. The van der Waals surface area contributed by atoms with Gasteiger partial charge in [-0.2, -0.15) is 0 Å². The van der Waals surface area contributed by atoms with Gasteiger partial charge in [-0.25, -0.2) is 0 Å². The minimum atomic E-state index is -0.501. The van der Waals surface area contributed by atoms with Crippen LogP contribution in [0.2, 0.25) is 5.02 Å². The van der Waals surface area contributed by atoms with E-state index in [1.807, 2.05) is 22.8 Å². The molecule has 1 heterocycles. The molecule has 6 heteroatoms. The number of hydrogen-bond acceptors (Lipinski definition) is 2. The largest absolute Gasteiger partial charge is 0.366 e. The van der Waals surface area contributed by atoms with E-state index in [1.165, 1.54) is 0 Å². The molecule has 4 N–H and O–H groups in total. The SMILES string of the molecule is NC(=O)c1cccc(Cn2c3cc(Cl)c[c]c3c3c(C(N)=O)cccc32)c1.